The summed E-state index contributed by atoms with van der Waals surface area (Å²) in [7, 11) is -3.85. The summed E-state index contributed by atoms with van der Waals surface area (Å²) in [5.74, 6) is 0.264. The van der Waals surface area contributed by atoms with Crippen molar-refractivity contribution in [3.63, 3.8) is 0 Å². The molecular weight excluding hydrogens is 601 g/mol. The zero-order chi connectivity index (χ0) is 32.5. The highest BCUT2D eigenvalue weighted by molar-refractivity contribution is 7.90. The van der Waals surface area contributed by atoms with Crippen molar-refractivity contribution in [1.29, 1.82) is 0 Å². The average molecular weight is 645 g/mol. The first-order valence-electron chi connectivity index (χ1n) is 14.7. The lowest BCUT2D eigenvalue weighted by Gasteiger charge is -2.30. The van der Waals surface area contributed by atoms with E-state index in [4.69, 9.17) is 4.74 Å². The minimum absolute atomic E-state index is 0.0400. The van der Waals surface area contributed by atoms with Gasteiger partial charge in [-0.1, -0.05) is 65.8 Å². The summed E-state index contributed by atoms with van der Waals surface area (Å²) >= 11 is 0.808. The molecule has 0 atom stereocenters. The molecule has 240 valence electrons. The fraction of sp³-hybridized carbons (Fsp3) is 0.484. The number of benzene rings is 2. The molecule has 3 amide bonds. The van der Waals surface area contributed by atoms with E-state index in [0.717, 1.165) is 30.1 Å². The number of amides is 3. The molecule has 0 aliphatic rings. The number of aromatic nitrogens is 2. The van der Waals surface area contributed by atoms with Crippen molar-refractivity contribution in [2.75, 3.05) is 23.9 Å². The Hall–Kier alpha value is -3.71. The molecule has 0 aliphatic carbocycles. The number of hydrazine groups is 1. The first kappa shape index (κ1) is 34.8. The molecule has 0 aliphatic heterocycles. The van der Waals surface area contributed by atoms with Gasteiger partial charge in [-0.3, -0.25) is 10.2 Å². The quantitative estimate of drug-likeness (QED) is 0.117. The first-order chi connectivity index (χ1) is 20.7. The summed E-state index contributed by atoms with van der Waals surface area (Å²) in [5, 5.41) is 5.12. The summed E-state index contributed by atoms with van der Waals surface area (Å²) in [4.78, 5) is 27.6. The van der Waals surface area contributed by atoms with E-state index in [1.807, 2.05) is 0 Å². The van der Waals surface area contributed by atoms with Gasteiger partial charge in [0, 0.05) is 36.3 Å². The third kappa shape index (κ3) is 9.65. The monoisotopic (exact) mass is 644 g/mol. The van der Waals surface area contributed by atoms with Crippen LogP contribution in [0.2, 0.25) is 0 Å². The van der Waals surface area contributed by atoms with E-state index >= 15 is 0 Å². The number of sulfone groups is 1. The summed E-state index contributed by atoms with van der Waals surface area (Å²) in [6, 6.07) is 12.5. The standard InChI is InChI=1S/C31H44N6O5S2/c1-8-30(4,5)23-14-15-26(25(19-23)31(6,7)9-2)42-17-11-16-32-27(39)35-36-28-34-29(37-43-28)44(40,41)20-22-12-10-13-24(18-22)33-21(3)38/h10,12-15,18-19H,8-9,11,16-17,20H2,1-7H3,(H,33,38)(H2,32,35,39)(H,34,36,37). The van der Waals surface area contributed by atoms with Crippen LogP contribution in [0.25, 0.3) is 0 Å². The van der Waals surface area contributed by atoms with Crippen molar-refractivity contribution in [2.45, 2.75) is 89.5 Å². The van der Waals surface area contributed by atoms with E-state index in [9.17, 15) is 18.0 Å². The van der Waals surface area contributed by atoms with E-state index in [1.165, 1.54) is 18.1 Å². The Kier molecular flexibility index (Phi) is 11.7. The average Bonchev–Trinajstić information content (AvgIpc) is 3.46. The molecule has 2 aromatic carbocycles. The van der Waals surface area contributed by atoms with Gasteiger partial charge >= 0.3 is 6.03 Å². The van der Waals surface area contributed by atoms with Gasteiger partial charge < -0.3 is 15.4 Å². The van der Waals surface area contributed by atoms with Gasteiger partial charge in [0.2, 0.25) is 20.9 Å². The van der Waals surface area contributed by atoms with Crippen LogP contribution in [-0.2, 0) is 31.2 Å². The van der Waals surface area contributed by atoms with Gasteiger partial charge in [0.15, 0.2) is 0 Å². The molecule has 3 aromatic rings. The number of carbonyl (C=O) groups excluding carboxylic acids is 2. The molecule has 0 fully saturated rings. The minimum Gasteiger partial charge on any atom is -0.493 e. The summed E-state index contributed by atoms with van der Waals surface area (Å²) < 4.78 is 35.7. The van der Waals surface area contributed by atoms with E-state index in [0.29, 0.717) is 30.8 Å². The molecule has 11 nitrogen and oxygen atoms in total. The first-order valence-corrected chi connectivity index (χ1v) is 17.1. The van der Waals surface area contributed by atoms with Crippen molar-refractivity contribution in [3.05, 3.63) is 59.2 Å². The van der Waals surface area contributed by atoms with Crippen molar-refractivity contribution in [1.82, 2.24) is 20.1 Å². The molecule has 1 aromatic heterocycles. The van der Waals surface area contributed by atoms with Crippen LogP contribution < -0.4 is 26.2 Å². The zero-order valence-electron chi connectivity index (χ0n) is 26.5. The van der Waals surface area contributed by atoms with Crippen LogP contribution in [0.4, 0.5) is 15.6 Å². The number of nitrogens with one attached hydrogen (secondary N) is 4. The highest BCUT2D eigenvalue weighted by atomic mass is 32.2. The predicted molar refractivity (Wildman–Crippen MR) is 175 cm³/mol. The number of anilines is 2. The molecular formula is C31H44N6O5S2. The van der Waals surface area contributed by atoms with Crippen molar-refractivity contribution >= 4 is 44.1 Å². The highest BCUT2D eigenvalue weighted by Gasteiger charge is 2.27. The lowest BCUT2D eigenvalue weighted by molar-refractivity contribution is -0.114. The normalized spacial score (nSPS) is 12.0. The fourth-order valence-corrected chi connectivity index (χ4v) is 6.26. The molecule has 3 rings (SSSR count). The third-order valence-corrected chi connectivity index (χ3v) is 9.89. The van der Waals surface area contributed by atoms with Crippen LogP contribution in [0.1, 0.15) is 84.4 Å². The van der Waals surface area contributed by atoms with E-state index in [1.54, 1.807) is 24.3 Å². The number of nitrogens with zero attached hydrogens (tertiary/aromatic N) is 2. The van der Waals surface area contributed by atoms with Gasteiger partial charge in [0.1, 0.15) is 5.75 Å². The highest BCUT2D eigenvalue weighted by Crippen LogP contribution is 2.38. The molecule has 0 saturated carbocycles. The smallest absolute Gasteiger partial charge is 0.333 e. The van der Waals surface area contributed by atoms with Crippen molar-refractivity contribution in [3.8, 4) is 5.75 Å². The van der Waals surface area contributed by atoms with Crippen LogP contribution in [0.15, 0.2) is 47.6 Å². The van der Waals surface area contributed by atoms with Crippen LogP contribution in [0, 0.1) is 0 Å². The minimum atomic E-state index is -3.85. The number of ether oxygens (including phenoxy) is 1. The van der Waals surface area contributed by atoms with Crippen LogP contribution >= 0.6 is 11.5 Å². The Morgan fingerprint density at radius 1 is 1.00 bits per heavy atom. The Morgan fingerprint density at radius 2 is 1.73 bits per heavy atom. The molecule has 0 radical (unpaired) electrons. The number of hydrogen-bond acceptors (Lipinski definition) is 9. The van der Waals surface area contributed by atoms with Crippen LogP contribution in [0.3, 0.4) is 0 Å². The van der Waals surface area contributed by atoms with Gasteiger partial charge in [-0.15, -0.1) is 0 Å². The van der Waals surface area contributed by atoms with E-state index in [2.05, 4.69) is 90.6 Å². The topological polar surface area (TPSA) is 151 Å². The Labute approximate surface area is 264 Å². The maximum Gasteiger partial charge on any atom is 0.333 e. The lowest BCUT2D eigenvalue weighted by Crippen LogP contribution is -2.39. The summed E-state index contributed by atoms with van der Waals surface area (Å²) in [6.07, 6.45) is 2.61. The zero-order valence-corrected chi connectivity index (χ0v) is 28.2. The molecule has 0 bridgehead atoms. The largest absolute Gasteiger partial charge is 0.493 e. The predicted octanol–water partition coefficient (Wildman–Crippen LogP) is 5.94. The molecule has 0 unspecified atom stereocenters. The van der Waals surface area contributed by atoms with Gasteiger partial charge in [-0.05, 0) is 59.4 Å². The Morgan fingerprint density at radius 3 is 2.41 bits per heavy atom. The number of rotatable bonds is 15. The SMILES string of the molecule is CCC(C)(C)c1ccc(OCCCNC(=O)NNc2nc(S(=O)(=O)Cc3cccc(NC(C)=O)c3)ns2)c(C(C)(C)CC)c1. The second kappa shape index (κ2) is 14.8. The maximum absolute atomic E-state index is 12.8. The second-order valence-electron chi connectivity index (χ2n) is 11.9. The molecule has 44 heavy (non-hydrogen) atoms. The molecule has 13 heteroatoms. The number of carbonyl (C=O) groups is 2. The van der Waals surface area contributed by atoms with Crippen LogP contribution in [-0.4, -0.2) is 42.9 Å². The van der Waals surface area contributed by atoms with Gasteiger partial charge in [-0.2, -0.15) is 9.36 Å². The summed E-state index contributed by atoms with van der Waals surface area (Å²) in [5.41, 5.74) is 8.52. The number of hydrogen-bond donors (Lipinski definition) is 4. The van der Waals surface area contributed by atoms with E-state index in [-0.39, 0.29) is 32.8 Å². The molecule has 1 heterocycles. The Bertz CT molecular complexity index is 1550. The fourth-order valence-electron chi connectivity index (χ4n) is 4.22. The molecule has 0 saturated heterocycles. The second-order valence-corrected chi connectivity index (χ2v) is 14.6. The van der Waals surface area contributed by atoms with Gasteiger partial charge in [-0.25, -0.2) is 18.6 Å². The Balaban J connectivity index is 1.47. The molecule has 4 N–H and O–H groups in total. The van der Waals surface area contributed by atoms with Gasteiger partial charge in [0.05, 0.1) is 12.4 Å². The third-order valence-electron chi connectivity index (χ3n) is 7.69. The summed E-state index contributed by atoms with van der Waals surface area (Å²) in [6.45, 7) is 15.5. The van der Waals surface area contributed by atoms with Crippen LogP contribution in [0.5, 0.6) is 5.75 Å². The molecule has 0 spiro atoms. The maximum atomic E-state index is 12.8. The van der Waals surface area contributed by atoms with E-state index < -0.39 is 15.9 Å². The van der Waals surface area contributed by atoms with Gasteiger partial charge in [0.25, 0.3) is 5.16 Å². The van der Waals surface area contributed by atoms with Crippen molar-refractivity contribution in [2.24, 2.45) is 0 Å². The number of urea groups is 1. The van der Waals surface area contributed by atoms with Crippen molar-refractivity contribution < 1.29 is 22.7 Å². The lowest BCUT2D eigenvalue weighted by atomic mass is 9.76.